The highest BCUT2D eigenvalue weighted by atomic mass is 35.5. The summed E-state index contributed by atoms with van der Waals surface area (Å²) in [7, 11) is 0. The molecular weight excluding hydrogens is 369 g/mol. The lowest BCUT2D eigenvalue weighted by Crippen LogP contribution is -2.27. The monoisotopic (exact) mass is 385 g/mol. The number of carbonyl (C=O) groups excluding carboxylic acids is 1. The lowest BCUT2D eigenvalue weighted by molar-refractivity contribution is -0.120. The van der Waals surface area contributed by atoms with Gasteiger partial charge in [-0.25, -0.2) is 4.39 Å². The Morgan fingerprint density at radius 1 is 1.41 bits per heavy atom. The van der Waals surface area contributed by atoms with Crippen molar-refractivity contribution >= 4 is 29.0 Å². The average molecular weight is 386 g/mol. The highest BCUT2D eigenvalue weighted by Gasteiger charge is 2.79. The van der Waals surface area contributed by atoms with Crippen molar-refractivity contribution in [3.8, 4) is 0 Å². The van der Waals surface area contributed by atoms with Crippen LogP contribution in [0.2, 0.25) is 5.02 Å². The molecule has 2 aliphatic rings. The highest BCUT2D eigenvalue weighted by Crippen LogP contribution is 2.79. The molecule has 27 heavy (non-hydrogen) atoms. The van der Waals surface area contributed by atoms with E-state index in [1.54, 1.807) is 12.3 Å². The van der Waals surface area contributed by atoms with Crippen molar-refractivity contribution in [1.82, 2.24) is 9.97 Å². The number of aliphatic imine (C=N–C) groups is 1. The Hall–Kier alpha value is -2.80. The maximum absolute atomic E-state index is 14.3. The number of nitrogens with two attached hydrogens (primary N) is 1. The molecule has 2 heterocycles. The standard InChI is InChI=1S/C19H17ClFN5O/c20-12-8-13(10-23-9-12)24-7-3-15(22)26-17(27)19(11-18(19)4-5-18)16-14(21)2-1-6-25-16/h1-3,6-10,24H,4-5,11H2,(H2,22,26,27)/b7-3-. The van der Waals surface area contributed by atoms with E-state index in [-0.39, 0.29) is 16.9 Å². The van der Waals surface area contributed by atoms with Crippen LogP contribution in [0.4, 0.5) is 10.1 Å². The van der Waals surface area contributed by atoms with Crippen molar-refractivity contribution in [3.63, 3.8) is 0 Å². The first-order valence-corrected chi connectivity index (χ1v) is 8.88. The number of rotatable bonds is 5. The van der Waals surface area contributed by atoms with E-state index in [0.717, 1.165) is 12.8 Å². The average Bonchev–Trinajstić information content (AvgIpc) is 3.54. The van der Waals surface area contributed by atoms with Crippen LogP contribution in [-0.4, -0.2) is 21.7 Å². The van der Waals surface area contributed by atoms with E-state index in [9.17, 15) is 9.18 Å². The second-order valence-electron chi connectivity index (χ2n) is 6.91. The minimum absolute atomic E-state index is 0.0286. The van der Waals surface area contributed by atoms with Crippen molar-refractivity contribution < 1.29 is 9.18 Å². The molecule has 2 saturated carbocycles. The van der Waals surface area contributed by atoms with Gasteiger partial charge >= 0.3 is 0 Å². The third kappa shape index (κ3) is 3.08. The van der Waals surface area contributed by atoms with Crippen molar-refractivity contribution in [2.45, 2.75) is 24.7 Å². The van der Waals surface area contributed by atoms with E-state index in [1.165, 1.54) is 36.8 Å². The zero-order chi connectivity index (χ0) is 19.1. The van der Waals surface area contributed by atoms with Crippen LogP contribution in [0.25, 0.3) is 0 Å². The molecule has 6 nitrogen and oxygen atoms in total. The molecule has 3 N–H and O–H groups in total. The molecule has 2 aliphatic carbocycles. The molecule has 0 aliphatic heterocycles. The predicted octanol–water partition coefficient (Wildman–Crippen LogP) is 3.20. The van der Waals surface area contributed by atoms with Gasteiger partial charge in [-0.2, -0.15) is 4.99 Å². The van der Waals surface area contributed by atoms with E-state index >= 15 is 0 Å². The SMILES string of the molecule is NC(/C=C\Nc1cncc(Cl)c1)=NC(=O)C1(c2ncccc2F)CC12CC2. The van der Waals surface area contributed by atoms with E-state index in [0.29, 0.717) is 17.1 Å². The first kappa shape index (κ1) is 17.6. The van der Waals surface area contributed by atoms with Crippen LogP contribution in [-0.2, 0) is 10.2 Å². The predicted molar refractivity (Wildman–Crippen MR) is 101 cm³/mol. The minimum atomic E-state index is -0.985. The van der Waals surface area contributed by atoms with Gasteiger partial charge in [-0.3, -0.25) is 14.8 Å². The minimum Gasteiger partial charge on any atom is -0.384 e. The van der Waals surface area contributed by atoms with Crippen LogP contribution in [0.1, 0.15) is 25.0 Å². The van der Waals surface area contributed by atoms with E-state index in [1.807, 2.05) is 0 Å². The molecule has 1 atom stereocenters. The number of carbonyl (C=O) groups is 1. The number of halogens is 2. The number of amidine groups is 1. The molecule has 0 saturated heterocycles. The quantitative estimate of drug-likeness (QED) is 0.609. The van der Waals surface area contributed by atoms with Gasteiger partial charge in [0.15, 0.2) is 0 Å². The maximum Gasteiger partial charge on any atom is 0.260 e. The molecular formula is C19H17ClFN5O. The fraction of sp³-hybridized carbons (Fsp3) is 0.263. The second kappa shape index (κ2) is 6.42. The molecule has 8 heteroatoms. The Morgan fingerprint density at radius 2 is 2.22 bits per heavy atom. The molecule has 0 radical (unpaired) electrons. The lowest BCUT2D eigenvalue weighted by atomic mass is 9.95. The Balaban J connectivity index is 1.51. The Labute approximate surface area is 160 Å². The zero-order valence-electron chi connectivity index (χ0n) is 14.3. The molecule has 1 spiro atoms. The molecule has 4 rings (SSSR count). The molecule has 1 unspecified atom stereocenters. The van der Waals surface area contributed by atoms with Crippen LogP contribution in [0.15, 0.2) is 54.1 Å². The normalized spacial score (nSPS) is 22.8. The summed E-state index contributed by atoms with van der Waals surface area (Å²) >= 11 is 5.86. The van der Waals surface area contributed by atoms with Crippen LogP contribution < -0.4 is 11.1 Å². The van der Waals surface area contributed by atoms with Gasteiger partial charge in [0.05, 0.1) is 22.6 Å². The number of nitrogens with one attached hydrogen (secondary N) is 1. The first-order chi connectivity index (χ1) is 13.0. The Bertz CT molecular complexity index is 972. The summed E-state index contributed by atoms with van der Waals surface area (Å²) in [6.45, 7) is 0. The lowest BCUT2D eigenvalue weighted by Gasteiger charge is -2.13. The molecule has 2 aromatic heterocycles. The Kier molecular flexibility index (Phi) is 4.19. The van der Waals surface area contributed by atoms with Gasteiger partial charge in [0.2, 0.25) is 0 Å². The smallest absolute Gasteiger partial charge is 0.260 e. The van der Waals surface area contributed by atoms with E-state index in [2.05, 4.69) is 20.3 Å². The van der Waals surface area contributed by atoms with Crippen molar-refractivity contribution in [2.75, 3.05) is 5.32 Å². The number of pyridine rings is 2. The number of hydrogen-bond donors (Lipinski definition) is 2. The number of hydrogen-bond acceptors (Lipinski definition) is 4. The summed E-state index contributed by atoms with van der Waals surface area (Å²) in [5.41, 5.74) is 5.53. The number of anilines is 1. The number of amides is 1. The fourth-order valence-corrected chi connectivity index (χ4v) is 3.79. The maximum atomic E-state index is 14.3. The summed E-state index contributed by atoms with van der Waals surface area (Å²) < 4.78 is 14.3. The van der Waals surface area contributed by atoms with Gasteiger partial charge in [0.25, 0.3) is 5.91 Å². The van der Waals surface area contributed by atoms with Crippen molar-refractivity contribution in [3.05, 3.63) is 65.6 Å². The summed E-state index contributed by atoms with van der Waals surface area (Å²) in [5, 5.41) is 3.43. The van der Waals surface area contributed by atoms with Gasteiger partial charge in [-0.15, -0.1) is 0 Å². The van der Waals surface area contributed by atoms with Gasteiger partial charge in [-0.1, -0.05) is 11.6 Å². The summed E-state index contributed by atoms with van der Waals surface area (Å²) in [4.78, 5) is 24.9. The van der Waals surface area contributed by atoms with E-state index in [4.69, 9.17) is 17.3 Å². The molecule has 2 fully saturated rings. The van der Waals surface area contributed by atoms with Crippen LogP contribution in [0.3, 0.4) is 0 Å². The van der Waals surface area contributed by atoms with Gasteiger partial charge in [0, 0.05) is 18.6 Å². The van der Waals surface area contributed by atoms with Gasteiger partial charge in [0.1, 0.15) is 17.1 Å². The number of nitrogens with zero attached hydrogens (tertiary/aromatic N) is 3. The summed E-state index contributed by atoms with van der Waals surface area (Å²) in [6, 6.07) is 4.52. The summed E-state index contributed by atoms with van der Waals surface area (Å²) in [6.07, 6.45) is 9.93. The highest BCUT2D eigenvalue weighted by molar-refractivity contribution is 6.30. The fourth-order valence-electron chi connectivity index (χ4n) is 3.62. The second-order valence-corrected chi connectivity index (χ2v) is 7.34. The third-order valence-corrected chi connectivity index (χ3v) is 5.41. The van der Waals surface area contributed by atoms with Gasteiger partial charge in [-0.05, 0) is 49.0 Å². The van der Waals surface area contributed by atoms with Crippen molar-refractivity contribution in [2.24, 2.45) is 16.1 Å². The van der Waals surface area contributed by atoms with Gasteiger partial charge < -0.3 is 11.1 Å². The number of aromatic nitrogens is 2. The molecule has 138 valence electrons. The van der Waals surface area contributed by atoms with Crippen LogP contribution in [0.5, 0.6) is 0 Å². The molecule has 1 amide bonds. The zero-order valence-corrected chi connectivity index (χ0v) is 15.1. The van der Waals surface area contributed by atoms with E-state index < -0.39 is 17.1 Å². The van der Waals surface area contributed by atoms with Crippen molar-refractivity contribution in [1.29, 1.82) is 0 Å². The van der Waals surface area contributed by atoms with Crippen LogP contribution >= 0.6 is 11.6 Å². The summed E-state index contributed by atoms with van der Waals surface area (Å²) in [5.74, 6) is -0.890. The van der Waals surface area contributed by atoms with Crippen LogP contribution in [0, 0.1) is 11.2 Å². The Morgan fingerprint density at radius 3 is 2.89 bits per heavy atom. The largest absolute Gasteiger partial charge is 0.384 e. The first-order valence-electron chi connectivity index (χ1n) is 8.50. The molecule has 2 aromatic rings. The molecule has 0 bridgehead atoms. The third-order valence-electron chi connectivity index (χ3n) is 5.20. The molecule has 0 aromatic carbocycles. The topological polar surface area (TPSA) is 93.3 Å².